The highest BCUT2D eigenvalue weighted by Gasteiger charge is 2.51. The molecule has 0 saturated carbocycles. The molecule has 12 atom stereocenters. The molecule has 554 valence electrons. The van der Waals surface area contributed by atoms with E-state index in [1.807, 2.05) is 6.08 Å². The fraction of sp³-hybridized carbons (Fsp3) is 0.699. The van der Waals surface area contributed by atoms with Gasteiger partial charge in [-0.3, -0.25) is 4.79 Å². The Kier molecular flexibility index (Phi) is 59.8. The lowest BCUT2D eigenvalue weighted by Gasteiger charge is -2.46. The number of hydrogen-bond acceptors (Lipinski definition) is 13. The number of allylic oxidation sites excluding steroid dienone is 23. The predicted molar refractivity (Wildman–Crippen MR) is 401 cm³/mol. The molecule has 2 saturated heterocycles. The molecule has 0 spiro atoms. The van der Waals surface area contributed by atoms with Crippen LogP contribution in [0.15, 0.2) is 146 Å². The van der Waals surface area contributed by atoms with Gasteiger partial charge in [0, 0.05) is 6.42 Å². The zero-order valence-electron chi connectivity index (χ0n) is 60.5. The summed E-state index contributed by atoms with van der Waals surface area (Å²) < 4.78 is 22.9. The molecule has 2 rings (SSSR count). The van der Waals surface area contributed by atoms with Crippen LogP contribution in [0, 0.1) is 0 Å². The van der Waals surface area contributed by atoms with E-state index in [2.05, 4.69) is 153 Å². The minimum atomic E-state index is -1.80. The van der Waals surface area contributed by atoms with E-state index in [1.165, 1.54) is 141 Å². The number of aliphatic hydroxyl groups is 8. The van der Waals surface area contributed by atoms with E-state index in [-0.39, 0.29) is 18.9 Å². The first kappa shape index (κ1) is 89.0. The summed E-state index contributed by atoms with van der Waals surface area (Å²) in [6, 6.07) is -0.946. The molecule has 2 aliphatic rings. The molecule has 14 heteroatoms. The maximum absolute atomic E-state index is 13.4. The van der Waals surface area contributed by atoms with Crippen molar-refractivity contribution in [1.29, 1.82) is 0 Å². The van der Waals surface area contributed by atoms with Crippen molar-refractivity contribution in [2.75, 3.05) is 19.8 Å². The Morgan fingerprint density at radius 1 is 0.381 bits per heavy atom. The zero-order valence-corrected chi connectivity index (χ0v) is 60.5. The predicted octanol–water partition coefficient (Wildman–Crippen LogP) is 17.2. The lowest BCUT2D eigenvalue weighted by Crippen LogP contribution is -2.65. The molecule has 0 bridgehead atoms. The van der Waals surface area contributed by atoms with Gasteiger partial charge in [-0.15, -0.1) is 0 Å². The Morgan fingerprint density at radius 2 is 0.711 bits per heavy atom. The third-order valence-corrected chi connectivity index (χ3v) is 17.8. The van der Waals surface area contributed by atoms with Crippen molar-refractivity contribution in [3.05, 3.63) is 146 Å². The molecule has 2 aliphatic heterocycles. The molecule has 9 N–H and O–H groups in total. The zero-order chi connectivity index (χ0) is 70.1. The molecule has 97 heavy (non-hydrogen) atoms. The van der Waals surface area contributed by atoms with Gasteiger partial charge in [-0.25, -0.2) is 0 Å². The van der Waals surface area contributed by atoms with E-state index in [1.54, 1.807) is 6.08 Å². The topological polar surface area (TPSA) is 228 Å². The van der Waals surface area contributed by atoms with Crippen molar-refractivity contribution in [3.8, 4) is 0 Å². The van der Waals surface area contributed by atoms with E-state index in [4.69, 9.17) is 18.9 Å². The van der Waals surface area contributed by atoms with Gasteiger partial charge in [0.25, 0.3) is 0 Å². The van der Waals surface area contributed by atoms with Crippen LogP contribution in [-0.4, -0.2) is 140 Å². The van der Waals surface area contributed by atoms with Crippen LogP contribution < -0.4 is 5.32 Å². The van der Waals surface area contributed by atoms with Crippen LogP contribution in [-0.2, 0) is 23.7 Å². The van der Waals surface area contributed by atoms with E-state index in [0.717, 1.165) is 109 Å². The summed E-state index contributed by atoms with van der Waals surface area (Å²) >= 11 is 0. The lowest BCUT2D eigenvalue weighted by molar-refractivity contribution is -0.359. The van der Waals surface area contributed by atoms with E-state index < -0.39 is 86.8 Å². The van der Waals surface area contributed by atoms with Crippen molar-refractivity contribution in [1.82, 2.24) is 5.32 Å². The largest absolute Gasteiger partial charge is 0.394 e. The minimum absolute atomic E-state index is 0.232. The first-order valence-corrected chi connectivity index (χ1v) is 38.6. The van der Waals surface area contributed by atoms with Gasteiger partial charge < -0.3 is 65.1 Å². The number of carbonyl (C=O) groups excluding carboxylic acids is 1. The van der Waals surface area contributed by atoms with Gasteiger partial charge in [0.2, 0.25) is 5.91 Å². The van der Waals surface area contributed by atoms with Crippen molar-refractivity contribution in [2.45, 2.75) is 351 Å². The first-order chi connectivity index (χ1) is 47.6. The Bertz CT molecular complexity index is 2190. The second-order valence-electron chi connectivity index (χ2n) is 26.4. The fourth-order valence-electron chi connectivity index (χ4n) is 11.7. The SMILES string of the molecule is CC/C=C\C/C=C\C/C=C\C/C=C\C/C=C\C/C=C\C/C=C\C/C=C\C/C=C\C/C=C\C/C=C\CCCCCC(=O)NC(COC1OC(CO)C(OC2OC(CO)C(O)C(O)C2O)C(O)C1O)C(O)/C=C/CCCCCCCCCCCCCCCCCCCCCCCCCC. The molecule has 0 aromatic rings. The summed E-state index contributed by atoms with van der Waals surface area (Å²) in [7, 11) is 0. The molecule has 12 unspecified atom stereocenters. The molecular formula is C83H139NO13. The standard InChI is InChI=1S/C83H139NO13/c1-3-5-7-9-11-13-15-17-19-21-23-25-27-29-31-32-33-34-35-36-37-38-39-40-41-43-45-47-49-51-53-55-57-59-61-63-65-67-75(88)84-71(70-94-82-80(93)78(91)81(74(69-86)96-82)97-83-79(92)77(90)76(89)73(68-85)95-83)72(87)66-64-62-60-58-56-54-52-50-48-46-44-42-30-28-26-24-22-20-18-16-14-12-10-8-6-4-2/h5,7,11,13,17,19,23,25,29,31,33-34,36-37,39-40,43,45,49,51,55,57,64,66,71-74,76-83,85-87,89-93H,3-4,6,8-10,12,14-16,18,20-22,24,26-28,30,32,35,38,41-42,44,46-48,50,52-54,56,58-63,65,67-70H2,1-2H3,(H,84,88)/b7-5-,13-11-,19-17-,25-23-,31-29-,34-33-,37-36-,40-39-,45-43-,51-49-,57-55-,66-64+. The number of ether oxygens (including phenoxy) is 4. The van der Waals surface area contributed by atoms with E-state index >= 15 is 0 Å². The van der Waals surface area contributed by atoms with Crippen LogP contribution in [0.5, 0.6) is 0 Å². The van der Waals surface area contributed by atoms with Crippen LogP contribution in [0.25, 0.3) is 0 Å². The van der Waals surface area contributed by atoms with E-state index in [0.29, 0.717) is 6.42 Å². The van der Waals surface area contributed by atoms with Gasteiger partial charge in [-0.05, 0) is 103 Å². The molecular weight excluding hydrogens is 1220 g/mol. The van der Waals surface area contributed by atoms with Crippen LogP contribution in [0.1, 0.15) is 277 Å². The van der Waals surface area contributed by atoms with Crippen LogP contribution >= 0.6 is 0 Å². The molecule has 2 fully saturated rings. The van der Waals surface area contributed by atoms with Gasteiger partial charge in [0.1, 0.15) is 48.8 Å². The fourth-order valence-corrected chi connectivity index (χ4v) is 11.7. The second-order valence-corrected chi connectivity index (χ2v) is 26.4. The molecule has 14 nitrogen and oxygen atoms in total. The number of rotatable bonds is 62. The number of carbonyl (C=O) groups is 1. The normalized spacial score (nSPS) is 23.0. The minimum Gasteiger partial charge on any atom is -0.394 e. The Labute approximate surface area is 589 Å². The van der Waals surface area contributed by atoms with Crippen molar-refractivity contribution >= 4 is 5.91 Å². The molecule has 0 aromatic heterocycles. The Morgan fingerprint density at radius 3 is 1.09 bits per heavy atom. The quantitative estimate of drug-likeness (QED) is 0.0204. The highest BCUT2D eigenvalue weighted by molar-refractivity contribution is 5.76. The smallest absolute Gasteiger partial charge is 0.220 e. The highest BCUT2D eigenvalue weighted by atomic mass is 16.7. The van der Waals surface area contributed by atoms with Gasteiger partial charge in [-0.1, -0.05) is 314 Å². The summed E-state index contributed by atoms with van der Waals surface area (Å²) in [6.07, 6.45) is 81.9. The third kappa shape index (κ3) is 48.4. The average Bonchev–Trinajstić information content (AvgIpc) is 0.794. The molecule has 1 amide bonds. The number of unbranched alkanes of at least 4 members (excludes halogenated alkanes) is 27. The summed E-state index contributed by atoms with van der Waals surface area (Å²) in [5.41, 5.74) is 0. The van der Waals surface area contributed by atoms with Gasteiger partial charge in [0.15, 0.2) is 12.6 Å². The number of amides is 1. The van der Waals surface area contributed by atoms with Crippen molar-refractivity contribution < 1.29 is 64.6 Å². The number of aliphatic hydroxyl groups excluding tert-OH is 8. The third-order valence-electron chi connectivity index (χ3n) is 17.8. The molecule has 0 aromatic carbocycles. The summed E-state index contributed by atoms with van der Waals surface area (Å²) in [5, 5.41) is 87.6. The maximum atomic E-state index is 13.4. The Balaban J connectivity index is 1.68. The van der Waals surface area contributed by atoms with Gasteiger partial charge >= 0.3 is 0 Å². The lowest BCUT2D eigenvalue weighted by atomic mass is 9.97. The Hall–Kier alpha value is -4.13. The van der Waals surface area contributed by atoms with Crippen LogP contribution in [0.2, 0.25) is 0 Å². The van der Waals surface area contributed by atoms with Gasteiger partial charge in [0.05, 0.1) is 32.0 Å². The number of nitrogens with one attached hydrogen (secondary N) is 1. The van der Waals surface area contributed by atoms with Crippen molar-refractivity contribution in [2.24, 2.45) is 0 Å². The summed E-state index contributed by atoms with van der Waals surface area (Å²) in [6.45, 7) is 2.68. The summed E-state index contributed by atoms with van der Waals surface area (Å²) in [4.78, 5) is 13.4. The average molecular weight is 1360 g/mol. The van der Waals surface area contributed by atoms with Crippen LogP contribution in [0.4, 0.5) is 0 Å². The van der Waals surface area contributed by atoms with Crippen molar-refractivity contribution in [3.63, 3.8) is 0 Å². The second kappa shape index (κ2) is 65.2. The molecule has 0 aliphatic carbocycles. The number of hydrogen-bond donors (Lipinski definition) is 9. The van der Waals surface area contributed by atoms with Crippen LogP contribution in [0.3, 0.4) is 0 Å². The summed E-state index contributed by atoms with van der Waals surface area (Å²) in [5.74, 6) is -0.274. The highest BCUT2D eigenvalue weighted by Crippen LogP contribution is 2.30. The van der Waals surface area contributed by atoms with E-state index in [9.17, 15) is 45.6 Å². The maximum Gasteiger partial charge on any atom is 0.220 e. The molecule has 0 radical (unpaired) electrons. The first-order valence-electron chi connectivity index (χ1n) is 38.6. The molecule has 2 heterocycles. The van der Waals surface area contributed by atoms with Gasteiger partial charge in [-0.2, -0.15) is 0 Å². The monoisotopic (exact) mass is 1360 g/mol.